The number of carbonyl (C=O) groups excluding carboxylic acids is 1. The van der Waals surface area contributed by atoms with Gasteiger partial charge in [-0.3, -0.25) is 9.69 Å². The molecule has 8 nitrogen and oxygen atoms in total. The maximum atomic E-state index is 12.5. The van der Waals surface area contributed by atoms with Gasteiger partial charge in [0.1, 0.15) is 6.54 Å². The van der Waals surface area contributed by atoms with Crippen LogP contribution in [0.4, 0.5) is 5.69 Å². The van der Waals surface area contributed by atoms with Crippen LogP contribution in [0.15, 0.2) is 40.0 Å². The first kappa shape index (κ1) is 19.4. The number of sulfone groups is 1. The third-order valence-electron chi connectivity index (χ3n) is 4.16. The van der Waals surface area contributed by atoms with Gasteiger partial charge in [0.25, 0.3) is 5.22 Å². The Morgan fingerprint density at radius 2 is 2.11 bits per heavy atom. The summed E-state index contributed by atoms with van der Waals surface area (Å²) in [7, 11) is -2.94. The molecule has 1 atom stereocenters. The second kappa shape index (κ2) is 8.54. The second-order valence-electron chi connectivity index (χ2n) is 6.20. The molecule has 3 rings (SSSR count). The van der Waals surface area contributed by atoms with E-state index in [-0.39, 0.29) is 40.9 Å². The Morgan fingerprint density at radius 3 is 2.78 bits per heavy atom. The molecule has 142 valence electrons. The van der Waals surface area contributed by atoms with Crippen molar-refractivity contribution in [3.8, 4) is 6.07 Å². The van der Waals surface area contributed by atoms with Crippen molar-refractivity contribution in [2.24, 2.45) is 5.92 Å². The topological polar surface area (TPSA) is 117 Å². The molecular formula is C17H18N4O4S2. The van der Waals surface area contributed by atoms with Gasteiger partial charge < -0.3 is 4.42 Å². The summed E-state index contributed by atoms with van der Waals surface area (Å²) in [4.78, 5) is 13.9. The monoisotopic (exact) mass is 406 g/mol. The highest BCUT2D eigenvalue weighted by molar-refractivity contribution is 7.99. The van der Waals surface area contributed by atoms with Gasteiger partial charge in [-0.2, -0.15) is 5.26 Å². The first-order valence-corrected chi connectivity index (χ1v) is 11.2. The third kappa shape index (κ3) is 5.30. The van der Waals surface area contributed by atoms with Crippen LogP contribution in [-0.2, 0) is 21.1 Å². The molecule has 1 fully saturated rings. The highest BCUT2D eigenvalue weighted by atomic mass is 32.2. The minimum absolute atomic E-state index is 0.000803. The number of rotatable bonds is 7. The molecule has 10 heteroatoms. The van der Waals surface area contributed by atoms with Crippen molar-refractivity contribution in [1.82, 2.24) is 10.2 Å². The smallest absolute Gasteiger partial charge is 0.277 e. The van der Waals surface area contributed by atoms with Gasteiger partial charge in [0.05, 0.1) is 23.3 Å². The maximum Gasteiger partial charge on any atom is 0.277 e. The van der Waals surface area contributed by atoms with Gasteiger partial charge in [-0.05, 0) is 24.5 Å². The molecule has 0 radical (unpaired) electrons. The number of hydrogen-bond donors (Lipinski definition) is 0. The average Bonchev–Trinajstić information content (AvgIpc) is 3.24. The zero-order chi connectivity index (χ0) is 19.3. The first-order valence-electron chi connectivity index (χ1n) is 8.35. The Bertz CT molecular complexity index is 937. The Balaban J connectivity index is 1.56. The second-order valence-corrected chi connectivity index (χ2v) is 9.35. The van der Waals surface area contributed by atoms with E-state index in [1.54, 1.807) is 24.3 Å². The number of benzene rings is 1. The van der Waals surface area contributed by atoms with E-state index in [0.717, 1.165) is 11.8 Å². The van der Waals surface area contributed by atoms with Gasteiger partial charge >= 0.3 is 0 Å². The Hall–Kier alpha value is -2.38. The molecule has 27 heavy (non-hydrogen) atoms. The zero-order valence-corrected chi connectivity index (χ0v) is 16.1. The number of para-hydroxylation sites is 1. The summed E-state index contributed by atoms with van der Waals surface area (Å²) >= 11 is 1.10. The average molecular weight is 406 g/mol. The maximum absolute atomic E-state index is 12.5. The summed E-state index contributed by atoms with van der Waals surface area (Å²) in [5, 5.41) is 17.1. The Kier molecular flexibility index (Phi) is 6.13. The summed E-state index contributed by atoms with van der Waals surface area (Å²) in [5.74, 6) is 0.542. The first-order chi connectivity index (χ1) is 13.0. The highest BCUT2D eigenvalue weighted by Crippen LogP contribution is 2.24. The molecule has 1 aliphatic rings. The van der Waals surface area contributed by atoms with E-state index in [1.807, 2.05) is 12.1 Å². The van der Waals surface area contributed by atoms with Crippen LogP contribution in [0.2, 0.25) is 0 Å². The summed E-state index contributed by atoms with van der Waals surface area (Å²) in [6.07, 6.45) is 1.02. The lowest BCUT2D eigenvalue weighted by atomic mass is 10.1. The van der Waals surface area contributed by atoms with Crippen LogP contribution >= 0.6 is 11.8 Å². The van der Waals surface area contributed by atoms with E-state index in [9.17, 15) is 13.2 Å². The van der Waals surface area contributed by atoms with Gasteiger partial charge in [0.15, 0.2) is 9.84 Å². The third-order valence-corrected chi connectivity index (χ3v) is 6.80. The number of nitriles is 1. The van der Waals surface area contributed by atoms with E-state index >= 15 is 0 Å². The number of hydrogen-bond acceptors (Lipinski definition) is 8. The molecule has 1 aromatic carbocycles. The molecular weight excluding hydrogens is 388 g/mol. The van der Waals surface area contributed by atoms with Crippen molar-refractivity contribution in [1.29, 1.82) is 5.26 Å². The molecule has 1 unspecified atom stereocenters. The molecule has 0 bridgehead atoms. The lowest BCUT2D eigenvalue weighted by Crippen LogP contribution is -2.32. The molecule has 1 saturated heterocycles. The van der Waals surface area contributed by atoms with Crippen LogP contribution < -0.4 is 4.90 Å². The van der Waals surface area contributed by atoms with Crippen molar-refractivity contribution in [2.45, 2.75) is 18.1 Å². The predicted octanol–water partition coefficient (Wildman–Crippen LogP) is 1.70. The fourth-order valence-electron chi connectivity index (χ4n) is 2.86. The Labute approximate surface area is 161 Å². The number of thioether (sulfide) groups is 1. The molecule has 1 aliphatic heterocycles. The van der Waals surface area contributed by atoms with Crippen LogP contribution in [0.1, 0.15) is 12.3 Å². The van der Waals surface area contributed by atoms with Gasteiger partial charge in [-0.1, -0.05) is 30.0 Å². The van der Waals surface area contributed by atoms with Crippen molar-refractivity contribution in [3.63, 3.8) is 0 Å². The molecule has 1 amide bonds. The summed E-state index contributed by atoms with van der Waals surface area (Å²) in [5.41, 5.74) is 0.651. The summed E-state index contributed by atoms with van der Waals surface area (Å²) in [6.45, 7) is -0.0470. The molecule has 0 spiro atoms. The lowest BCUT2D eigenvalue weighted by molar-refractivity contribution is -0.116. The van der Waals surface area contributed by atoms with Crippen molar-refractivity contribution < 1.29 is 17.6 Å². The van der Waals surface area contributed by atoms with Crippen LogP contribution in [0, 0.1) is 17.2 Å². The summed E-state index contributed by atoms with van der Waals surface area (Å²) < 4.78 is 28.5. The van der Waals surface area contributed by atoms with E-state index in [1.165, 1.54) is 4.90 Å². The fourth-order valence-corrected chi connectivity index (χ4v) is 5.38. The van der Waals surface area contributed by atoms with E-state index < -0.39 is 9.84 Å². The van der Waals surface area contributed by atoms with Gasteiger partial charge in [-0.15, -0.1) is 10.2 Å². The van der Waals surface area contributed by atoms with Gasteiger partial charge in [0.2, 0.25) is 11.8 Å². The number of anilines is 1. The van der Waals surface area contributed by atoms with Crippen molar-refractivity contribution in [2.75, 3.05) is 28.7 Å². The molecule has 0 N–H and O–H groups in total. The zero-order valence-electron chi connectivity index (χ0n) is 14.4. The number of carbonyl (C=O) groups is 1. The quantitative estimate of drug-likeness (QED) is 0.504. The van der Waals surface area contributed by atoms with Crippen molar-refractivity contribution in [3.05, 3.63) is 36.2 Å². The van der Waals surface area contributed by atoms with Crippen LogP contribution in [0.25, 0.3) is 0 Å². The standard InChI is InChI=1S/C17H18N4O4S2/c18-7-8-21(14-4-2-1-3-5-14)16(22)11-26-17-20-19-15(25-17)10-13-6-9-27(23,24)12-13/h1-5,13H,6,8-12H2. The highest BCUT2D eigenvalue weighted by Gasteiger charge is 2.29. The van der Waals surface area contributed by atoms with Crippen molar-refractivity contribution >= 4 is 33.2 Å². The fraction of sp³-hybridized carbons (Fsp3) is 0.412. The number of nitrogens with zero attached hydrogens (tertiary/aromatic N) is 4. The number of amides is 1. The molecule has 2 heterocycles. The molecule has 0 saturated carbocycles. The van der Waals surface area contributed by atoms with Crippen LogP contribution in [0.3, 0.4) is 0 Å². The predicted molar refractivity (Wildman–Crippen MR) is 99.9 cm³/mol. The van der Waals surface area contributed by atoms with E-state index in [2.05, 4.69) is 10.2 Å². The molecule has 1 aromatic heterocycles. The molecule has 0 aliphatic carbocycles. The Morgan fingerprint density at radius 1 is 1.33 bits per heavy atom. The largest absolute Gasteiger partial charge is 0.416 e. The minimum Gasteiger partial charge on any atom is -0.416 e. The number of aromatic nitrogens is 2. The minimum atomic E-state index is -2.94. The molecule has 2 aromatic rings. The van der Waals surface area contributed by atoms with E-state index in [0.29, 0.717) is 24.4 Å². The van der Waals surface area contributed by atoms with E-state index in [4.69, 9.17) is 9.68 Å². The lowest BCUT2D eigenvalue weighted by Gasteiger charge is -2.18. The summed E-state index contributed by atoms with van der Waals surface area (Å²) in [6, 6.07) is 11.0. The van der Waals surface area contributed by atoms with Gasteiger partial charge in [-0.25, -0.2) is 8.42 Å². The normalized spacial score (nSPS) is 18.1. The SMILES string of the molecule is N#CCN(C(=O)CSc1nnc(CC2CCS(=O)(=O)C2)o1)c1ccccc1. The van der Waals surface area contributed by atoms with Crippen LogP contribution in [0.5, 0.6) is 0 Å². The van der Waals surface area contributed by atoms with Gasteiger partial charge in [0, 0.05) is 12.1 Å². The van der Waals surface area contributed by atoms with Crippen LogP contribution in [-0.4, -0.2) is 48.3 Å².